The Kier molecular flexibility index (Phi) is 9.31. The Labute approximate surface area is 408 Å². The Morgan fingerprint density at radius 1 is 0.243 bits per heavy atom. The van der Waals surface area contributed by atoms with Crippen LogP contribution in [-0.2, 0) is 0 Å². The molecule has 3 nitrogen and oxygen atoms in total. The molecule has 14 rings (SSSR count). The number of fused-ring (bicyclic) bond motifs is 7. The molecule has 0 fully saturated rings. The molecule has 3 heterocycles. The Morgan fingerprint density at radius 2 is 0.571 bits per heavy atom. The third-order valence-electron chi connectivity index (χ3n) is 14.5. The molecule has 2 aliphatic rings. The minimum absolute atomic E-state index is 0.0429. The zero-order valence-corrected chi connectivity index (χ0v) is 38.3. The number of nitrogens with zero attached hydrogens (tertiary/aromatic N) is 3. The lowest BCUT2D eigenvalue weighted by Gasteiger charge is -2.44. The third kappa shape index (κ3) is 6.45. The van der Waals surface area contributed by atoms with Crippen molar-refractivity contribution in [2.24, 2.45) is 0 Å². The van der Waals surface area contributed by atoms with E-state index in [-0.39, 0.29) is 6.71 Å². The minimum Gasteiger partial charge on any atom is -0.311 e. The Morgan fingerprint density at radius 3 is 0.943 bits per heavy atom. The fourth-order valence-corrected chi connectivity index (χ4v) is 11.4. The van der Waals surface area contributed by atoms with Crippen LogP contribution in [0.2, 0.25) is 0 Å². The van der Waals surface area contributed by atoms with E-state index < -0.39 is 0 Å². The molecule has 12 aromatic rings. The van der Waals surface area contributed by atoms with Crippen LogP contribution in [0.25, 0.3) is 72.0 Å². The number of rotatable bonds is 7. The standard InChI is InChI=1S/C66H44BN3/c1-7-19-45(20-8-1)49-33-37-60-56(39-49)57-40-50(46-21-9-2-10-22-46)34-38-61(57)70(60)55-43-64-66-65(44-55)69(54-29-17-6-18-30-54)63-42-52(48-25-13-4-14-26-48)32-36-59(63)67(66)58-35-31-51(47-23-11-3-12-24-47)41-62(58)68(64)53-27-15-5-16-28-53/h1-44H. The zero-order valence-electron chi connectivity index (χ0n) is 38.3. The van der Waals surface area contributed by atoms with Gasteiger partial charge in [-0.05, 0) is 134 Å². The van der Waals surface area contributed by atoms with Crippen LogP contribution in [0.1, 0.15) is 0 Å². The molecule has 0 radical (unpaired) electrons. The summed E-state index contributed by atoms with van der Waals surface area (Å²) >= 11 is 0. The fraction of sp³-hybridized carbons (Fsp3) is 0. The summed E-state index contributed by atoms with van der Waals surface area (Å²) in [6, 6.07) is 98.3. The first-order chi connectivity index (χ1) is 34.7. The average Bonchev–Trinajstić information content (AvgIpc) is 3.77. The highest BCUT2D eigenvalue weighted by atomic mass is 15.2. The molecule has 0 saturated carbocycles. The van der Waals surface area contributed by atoms with Crippen molar-refractivity contribution in [1.82, 2.24) is 4.57 Å². The highest BCUT2D eigenvalue weighted by molar-refractivity contribution is 7.00. The van der Waals surface area contributed by atoms with Crippen LogP contribution in [0.4, 0.5) is 34.1 Å². The van der Waals surface area contributed by atoms with Gasteiger partial charge in [0.05, 0.1) is 16.7 Å². The molecule has 11 aromatic carbocycles. The van der Waals surface area contributed by atoms with E-state index in [2.05, 4.69) is 281 Å². The highest BCUT2D eigenvalue weighted by Gasteiger charge is 2.44. The second kappa shape index (κ2) is 16.3. The van der Waals surface area contributed by atoms with Crippen molar-refractivity contribution < 1.29 is 0 Å². The quantitative estimate of drug-likeness (QED) is 0.148. The molecule has 326 valence electrons. The van der Waals surface area contributed by atoms with Crippen LogP contribution >= 0.6 is 0 Å². The van der Waals surface area contributed by atoms with Crippen LogP contribution in [0, 0.1) is 0 Å². The van der Waals surface area contributed by atoms with Crippen LogP contribution in [0.15, 0.2) is 267 Å². The summed E-state index contributed by atoms with van der Waals surface area (Å²) in [6.07, 6.45) is 0. The largest absolute Gasteiger partial charge is 0.311 e. The van der Waals surface area contributed by atoms with Gasteiger partial charge in [-0.15, -0.1) is 0 Å². The van der Waals surface area contributed by atoms with Gasteiger partial charge in [0.15, 0.2) is 0 Å². The van der Waals surface area contributed by atoms with Gasteiger partial charge in [-0.3, -0.25) is 0 Å². The normalized spacial score (nSPS) is 12.5. The summed E-state index contributed by atoms with van der Waals surface area (Å²) in [7, 11) is 0. The Balaban J connectivity index is 1.10. The van der Waals surface area contributed by atoms with Crippen molar-refractivity contribution in [3.05, 3.63) is 267 Å². The molecule has 0 N–H and O–H groups in total. The predicted molar refractivity (Wildman–Crippen MR) is 297 cm³/mol. The van der Waals surface area contributed by atoms with Gasteiger partial charge in [0.1, 0.15) is 0 Å². The van der Waals surface area contributed by atoms with E-state index in [1.165, 1.54) is 83.0 Å². The van der Waals surface area contributed by atoms with E-state index in [4.69, 9.17) is 0 Å². The summed E-state index contributed by atoms with van der Waals surface area (Å²) < 4.78 is 2.51. The molecule has 0 atom stereocenters. The molecular weight excluding hydrogens is 846 g/mol. The first-order valence-corrected chi connectivity index (χ1v) is 24.2. The van der Waals surface area contributed by atoms with Crippen molar-refractivity contribution in [2.45, 2.75) is 0 Å². The maximum atomic E-state index is 2.53. The number of anilines is 6. The SMILES string of the molecule is c1ccc(-c2ccc3c(c2)N(c2ccccc2)c2cc(-n4c5ccc(-c6ccccc6)cc5c5cc(-c6ccccc6)ccc54)cc4c2B3c2ccc(-c3ccccc3)cc2N4c2ccccc2)cc1. The Bertz CT molecular complexity index is 3680. The van der Waals surface area contributed by atoms with Gasteiger partial charge in [-0.1, -0.05) is 194 Å². The van der Waals surface area contributed by atoms with E-state index in [0.29, 0.717) is 0 Å². The van der Waals surface area contributed by atoms with Gasteiger partial charge < -0.3 is 14.4 Å². The molecule has 0 bridgehead atoms. The molecule has 0 unspecified atom stereocenters. The van der Waals surface area contributed by atoms with Crippen LogP contribution in [-0.4, -0.2) is 11.3 Å². The lowest BCUT2D eigenvalue weighted by atomic mass is 9.33. The van der Waals surface area contributed by atoms with E-state index in [9.17, 15) is 0 Å². The molecule has 0 amide bonds. The van der Waals surface area contributed by atoms with Gasteiger partial charge in [0, 0.05) is 44.9 Å². The highest BCUT2D eigenvalue weighted by Crippen LogP contribution is 2.48. The predicted octanol–water partition coefficient (Wildman–Crippen LogP) is 15.5. The zero-order chi connectivity index (χ0) is 46.1. The Hall–Kier alpha value is -9.12. The molecule has 0 aliphatic carbocycles. The smallest absolute Gasteiger partial charge is 0.252 e. The maximum Gasteiger partial charge on any atom is 0.252 e. The molecular formula is C66H44BN3. The van der Waals surface area contributed by atoms with Crippen LogP contribution in [0.3, 0.4) is 0 Å². The monoisotopic (exact) mass is 889 g/mol. The third-order valence-corrected chi connectivity index (χ3v) is 14.5. The van der Waals surface area contributed by atoms with Gasteiger partial charge in [0.25, 0.3) is 6.71 Å². The topological polar surface area (TPSA) is 11.4 Å². The second-order valence-corrected chi connectivity index (χ2v) is 18.5. The summed E-state index contributed by atoms with van der Waals surface area (Å²) in [5.41, 5.74) is 23.8. The number of benzene rings is 11. The van der Waals surface area contributed by atoms with E-state index in [1.54, 1.807) is 0 Å². The first kappa shape index (κ1) is 40.0. The van der Waals surface area contributed by atoms with Crippen molar-refractivity contribution >= 4 is 79.0 Å². The van der Waals surface area contributed by atoms with E-state index >= 15 is 0 Å². The van der Waals surface area contributed by atoms with Gasteiger partial charge in [-0.2, -0.15) is 0 Å². The minimum atomic E-state index is -0.0429. The van der Waals surface area contributed by atoms with Gasteiger partial charge in [-0.25, -0.2) is 0 Å². The number of aromatic nitrogens is 1. The lowest BCUT2D eigenvalue weighted by Crippen LogP contribution is -2.61. The van der Waals surface area contributed by atoms with Gasteiger partial charge >= 0.3 is 0 Å². The summed E-state index contributed by atoms with van der Waals surface area (Å²) in [6.45, 7) is -0.0429. The maximum absolute atomic E-state index is 2.53. The van der Waals surface area contributed by atoms with Crippen LogP contribution in [0.5, 0.6) is 0 Å². The lowest BCUT2D eigenvalue weighted by molar-refractivity contribution is 1.16. The van der Waals surface area contributed by atoms with Crippen molar-refractivity contribution in [3.63, 3.8) is 0 Å². The van der Waals surface area contributed by atoms with Gasteiger partial charge in [0.2, 0.25) is 0 Å². The van der Waals surface area contributed by atoms with E-state index in [1.807, 2.05) is 0 Å². The van der Waals surface area contributed by atoms with Crippen molar-refractivity contribution in [3.8, 4) is 50.2 Å². The fourth-order valence-electron chi connectivity index (χ4n) is 11.4. The van der Waals surface area contributed by atoms with E-state index in [0.717, 1.165) is 39.5 Å². The molecule has 70 heavy (non-hydrogen) atoms. The molecule has 0 spiro atoms. The second-order valence-electron chi connectivity index (χ2n) is 18.5. The average molecular weight is 890 g/mol. The first-order valence-electron chi connectivity index (χ1n) is 24.2. The van der Waals surface area contributed by atoms with Crippen molar-refractivity contribution in [1.29, 1.82) is 0 Å². The van der Waals surface area contributed by atoms with Crippen molar-refractivity contribution in [2.75, 3.05) is 9.80 Å². The summed E-state index contributed by atoms with van der Waals surface area (Å²) in [5, 5.41) is 2.43. The summed E-state index contributed by atoms with van der Waals surface area (Å²) in [4.78, 5) is 5.06. The molecule has 2 aliphatic heterocycles. The molecule has 0 saturated heterocycles. The number of hydrogen-bond donors (Lipinski definition) is 0. The van der Waals surface area contributed by atoms with Crippen LogP contribution < -0.4 is 26.2 Å². The number of para-hydroxylation sites is 2. The number of hydrogen-bond acceptors (Lipinski definition) is 2. The summed E-state index contributed by atoms with van der Waals surface area (Å²) in [5.74, 6) is 0. The molecule has 4 heteroatoms. The molecule has 1 aromatic heterocycles.